The van der Waals surface area contributed by atoms with E-state index in [4.69, 9.17) is 11.6 Å². The monoisotopic (exact) mass is 399 g/mol. The number of rotatable bonds is 4. The van der Waals surface area contributed by atoms with Crippen LogP contribution in [0.2, 0.25) is 5.02 Å². The van der Waals surface area contributed by atoms with Gasteiger partial charge in [0.2, 0.25) is 0 Å². The molecule has 0 bridgehead atoms. The van der Waals surface area contributed by atoms with E-state index in [9.17, 15) is 22.8 Å². The average Bonchev–Trinajstić information content (AvgIpc) is 2.63. The maximum absolute atomic E-state index is 15.4. The van der Waals surface area contributed by atoms with Crippen molar-refractivity contribution in [2.45, 2.75) is 37.5 Å². The van der Waals surface area contributed by atoms with Crippen molar-refractivity contribution in [1.82, 2.24) is 4.98 Å². The van der Waals surface area contributed by atoms with E-state index in [1.807, 2.05) is 0 Å². The predicted octanol–water partition coefficient (Wildman–Crippen LogP) is 5.10. The zero-order valence-corrected chi connectivity index (χ0v) is 14.7. The number of ketones is 2. The number of alkyl halides is 4. The molecule has 0 saturated heterocycles. The SMILES string of the molecule is O=C1CCC(F)(C(=O)CCc2cccc(C(F)(F)F)c2Cl)c2cccnc21. The second-order valence-corrected chi connectivity index (χ2v) is 6.70. The normalized spacial score (nSPS) is 19.7. The van der Waals surface area contributed by atoms with E-state index >= 15 is 4.39 Å². The second-order valence-electron chi connectivity index (χ2n) is 6.32. The molecule has 142 valence electrons. The van der Waals surface area contributed by atoms with Crippen LogP contribution in [0.25, 0.3) is 0 Å². The van der Waals surface area contributed by atoms with Gasteiger partial charge in [-0.05, 0) is 24.1 Å². The first kappa shape index (κ1) is 19.5. The Balaban J connectivity index is 1.83. The standard InChI is InChI=1S/C19H14ClF4NO2/c20-16-11(3-1-4-12(16)19(22,23)24)6-7-15(27)18(21)9-8-14(26)17-13(18)5-2-10-25-17/h1-5,10H,6-9H2. The Morgan fingerprint density at radius 3 is 2.67 bits per heavy atom. The van der Waals surface area contributed by atoms with Crippen LogP contribution in [-0.4, -0.2) is 16.6 Å². The minimum absolute atomic E-state index is 0.0725. The summed E-state index contributed by atoms with van der Waals surface area (Å²) in [5.41, 5.74) is -3.42. The molecule has 8 heteroatoms. The molecule has 1 atom stereocenters. The number of carbonyl (C=O) groups excluding carboxylic acids is 2. The lowest BCUT2D eigenvalue weighted by molar-refractivity contribution is -0.137. The molecule has 0 spiro atoms. The van der Waals surface area contributed by atoms with E-state index < -0.39 is 28.2 Å². The van der Waals surface area contributed by atoms with Gasteiger partial charge in [-0.3, -0.25) is 14.6 Å². The Kier molecular flexibility index (Phi) is 5.08. The molecule has 27 heavy (non-hydrogen) atoms. The Hall–Kier alpha value is -2.28. The van der Waals surface area contributed by atoms with Crippen LogP contribution in [0.3, 0.4) is 0 Å². The van der Waals surface area contributed by atoms with E-state index in [0.29, 0.717) is 0 Å². The van der Waals surface area contributed by atoms with Gasteiger partial charge in [-0.25, -0.2) is 4.39 Å². The van der Waals surface area contributed by atoms with Crippen molar-refractivity contribution in [3.05, 3.63) is 63.9 Å². The molecule has 2 aromatic rings. The molecule has 3 rings (SSSR count). The van der Waals surface area contributed by atoms with Gasteiger partial charge in [-0.1, -0.05) is 29.8 Å². The van der Waals surface area contributed by atoms with Gasteiger partial charge in [-0.15, -0.1) is 0 Å². The number of aryl methyl sites for hydroxylation is 1. The summed E-state index contributed by atoms with van der Waals surface area (Å²) >= 11 is 5.82. The molecule has 1 unspecified atom stereocenters. The number of nitrogens with zero attached hydrogens (tertiary/aromatic N) is 1. The summed E-state index contributed by atoms with van der Waals surface area (Å²) in [6.07, 6.45) is -4.23. The summed E-state index contributed by atoms with van der Waals surface area (Å²) in [7, 11) is 0. The van der Waals surface area contributed by atoms with Gasteiger partial charge in [0.1, 0.15) is 5.69 Å². The van der Waals surface area contributed by atoms with Crippen molar-refractivity contribution in [1.29, 1.82) is 0 Å². The highest BCUT2D eigenvalue weighted by atomic mass is 35.5. The summed E-state index contributed by atoms with van der Waals surface area (Å²) in [6.45, 7) is 0. The van der Waals surface area contributed by atoms with Crippen LogP contribution >= 0.6 is 11.6 Å². The lowest BCUT2D eigenvalue weighted by Gasteiger charge is -2.29. The lowest BCUT2D eigenvalue weighted by Crippen LogP contribution is -2.37. The first-order valence-corrected chi connectivity index (χ1v) is 8.58. The van der Waals surface area contributed by atoms with Gasteiger partial charge in [0.05, 0.1) is 10.6 Å². The van der Waals surface area contributed by atoms with Gasteiger partial charge in [-0.2, -0.15) is 13.2 Å². The molecule has 1 heterocycles. The smallest absolute Gasteiger partial charge is 0.296 e. The number of carbonyl (C=O) groups is 2. The first-order valence-electron chi connectivity index (χ1n) is 8.20. The number of hydrogen-bond donors (Lipinski definition) is 0. The predicted molar refractivity (Wildman–Crippen MR) is 90.4 cm³/mol. The van der Waals surface area contributed by atoms with E-state index in [-0.39, 0.29) is 48.3 Å². The molecule has 0 aliphatic heterocycles. The third-order valence-electron chi connectivity index (χ3n) is 4.64. The largest absolute Gasteiger partial charge is 0.417 e. The number of hydrogen-bond acceptors (Lipinski definition) is 3. The maximum Gasteiger partial charge on any atom is 0.417 e. The number of aromatic nitrogens is 1. The van der Waals surface area contributed by atoms with Crippen LogP contribution in [0.4, 0.5) is 17.6 Å². The van der Waals surface area contributed by atoms with Gasteiger partial charge in [0.15, 0.2) is 17.2 Å². The molecule has 0 radical (unpaired) electrons. The van der Waals surface area contributed by atoms with E-state index in [2.05, 4.69) is 4.98 Å². The zero-order chi connectivity index (χ0) is 19.8. The molecule has 0 amide bonds. The van der Waals surface area contributed by atoms with Crippen molar-refractivity contribution in [2.24, 2.45) is 0 Å². The molecule has 3 nitrogen and oxygen atoms in total. The lowest BCUT2D eigenvalue weighted by atomic mass is 9.78. The zero-order valence-electron chi connectivity index (χ0n) is 13.9. The number of halogens is 5. The van der Waals surface area contributed by atoms with E-state index in [1.165, 1.54) is 30.5 Å². The third-order valence-corrected chi connectivity index (χ3v) is 5.09. The highest BCUT2D eigenvalue weighted by molar-refractivity contribution is 6.32. The topological polar surface area (TPSA) is 47.0 Å². The minimum Gasteiger partial charge on any atom is -0.296 e. The second kappa shape index (κ2) is 7.03. The molecule has 0 fully saturated rings. The van der Waals surface area contributed by atoms with E-state index in [0.717, 1.165) is 6.07 Å². The highest BCUT2D eigenvalue weighted by Crippen LogP contribution is 2.40. The Morgan fingerprint density at radius 2 is 1.96 bits per heavy atom. The van der Waals surface area contributed by atoms with Crippen LogP contribution in [0, 0.1) is 0 Å². The molecular formula is C19H14ClF4NO2. The first-order chi connectivity index (χ1) is 12.6. The number of benzene rings is 1. The molecule has 1 aromatic carbocycles. The quantitative estimate of drug-likeness (QED) is 0.672. The summed E-state index contributed by atoms with van der Waals surface area (Å²) in [6, 6.07) is 6.18. The third kappa shape index (κ3) is 3.60. The van der Waals surface area contributed by atoms with Crippen molar-refractivity contribution in [2.75, 3.05) is 0 Å². The Morgan fingerprint density at radius 1 is 1.22 bits per heavy atom. The molecule has 0 saturated carbocycles. The summed E-state index contributed by atoms with van der Waals surface area (Å²) < 4.78 is 54.2. The molecule has 1 aliphatic rings. The van der Waals surface area contributed by atoms with Gasteiger partial charge in [0, 0.05) is 31.0 Å². The Bertz CT molecular complexity index is 913. The number of pyridine rings is 1. The minimum atomic E-state index is -4.62. The molecule has 0 N–H and O–H groups in total. The van der Waals surface area contributed by atoms with E-state index in [1.54, 1.807) is 0 Å². The van der Waals surface area contributed by atoms with Crippen LogP contribution < -0.4 is 0 Å². The van der Waals surface area contributed by atoms with Crippen LogP contribution in [-0.2, 0) is 23.1 Å². The Labute approximate surface area is 157 Å². The molecular weight excluding hydrogens is 386 g/mol. The summed E-state index contributed by atoms with van der Waals surface area (Å²) in [4.78, 5) is 28.3. The van der Waals surface area contributed by atoms with Crippen molar-refractivity contribution >= 4 is 23.2 Å². The fourth-order valence-corrected chi connectivity index (χ4v) is 3.54. The summed E-state index contributed by atoms with van der Waals surface area (Å²) in [5.74, 6) is -1.15. The van der Waals surface area contributed by atoms with Crippen molar-refractivity contribution < 1.29 is 27.2 Å². The fraction of sp³-hybridized carbons (Fsp3) is 0.316. The van der Waals surface area contributed by atoms with Gasteiger partial charge >= 0.3 is 6.18 Å². The number of Topliss-reactive ketones (excluding diaryl/α,β-unsaturated/α-hetero) is 2. The van der Waals surface area contributed by atoms with Crippen LogP contribution in [0.5, 0.6) is 0 Å². The van der Waals surface area contributed by atoms with Crippen molar-refractivity contribution in [3.8, 4) is 0 Å². The fourth-order valence-electron chi connectivity index (χ4n) is 3.21. The van der Waals surface area contributed by atoms with Gasteiger partial charge < -0.3 is 0 Å². The molecule has 1 aromatic heterocycles. The maximum atomic E-state index is 15.4. The molecule has 1 aliphatic carbocycles. The van der Waals surface area contributed by atoms with Crippen LogP contribution in [0.15, 0.2) is 36.5 Å². The summed E-state index contributed by atoms with van der Waals surface area (Å²) in [5, 5.41) is -0.494. The van der Waals surface area contributed by atoms with Crippen molar-refractivity contribution in [3.63, 3.8) is 0 Å². The van der Waals surface area contributed by atoms with Crippen LogP contribution in [0.1, 0.15) is 46.4 Å². The number of fused-ring (bicyclic) bond motifs is 1. The van der Waals surface area contributed by atoms with Gasteiger partial charge in [0.25, 0.3) is 0 Å². The highest BCUT2D eigenvalue weighted by Gasteiger charge is 2.46. The average molecular weight is 400 g/mol.